The Balaban J connectivity index is 1.81. The van der Waals surface area contributed by atoms with Crippen LogP contribution in [0.15, 0.2) is 45.5 Å². The van der Waals surface area contributed by atoms with Crippen LogP contribution in [0.1, 0.15) is 17.7 Å². The van der Waals surface area contributed by atoms with Crippen molar-refractivity contribution < 1.29 is 13.6 Å². The van der Waals surface area contributed by atoms with Gasteiger partial charge in [-0.2, -0.15) is 0 Å². The fourth-order valence-electron chi connectivity index (χ4n) is 1.65. The summed E-state index contributed by atoms with van der Waals surface area (Å²) in [5.74, 6) is 0.314. The van der Waals surface area contributed by atoms with Crippen LogP contribution in [-0.2, 0) is 17.8 Å². The van der Waals surface area contributed by atoms with E-state index in [1.54, 1.807) is 24.5 Å². The summed E-state index contributed by atoms with van der Waals surface area (Å²) in [6.45, 7) is 0.183. The van der Waals surface area contributed by atoms with Crippen molar-refractivity contribution >= 4 is 21.8 Å². The van der Waals surface area contributed by atoms with E-state index in [2.05, 4.69) is 21.2 Å². The number of carbonyl (C=O) groups excluding carboxylic acids is 1. The number of rotatable bonds is 5. The number of benzene rings is 1. The summed E-state index contributed by atoms with van der Waals surface area (Å²) in [6.07, 6.45) is 2.44. The lowest BCUT2D eigenvalue weighted by molar-refractivity contribution is -0.121. The van der Waals surface area contributed by atoms with Gasteiger partial charge >= 0.3 is 0 Å². The van der Waals surface area contributed by atoms with Gasteiger partial charge in [-0.3, -0.25) is 4.79 Å². The molecule has 0 radical (unpaired) electrons. The summed E-state index contributed by atoms with van der Waals surface area (Å²) < 4.78 is 19.4. The minimum atomic E-state index is -0.325. The van der Waals surface area contributed by atoms with E-state index in [-0.39, 0.29) is 18.3 Å². The monoisotopic (exact) mass is 325 g/mol. The van der Waals surface area contributed by atoms with Gasteiger partial charge in [0.05, 0.1) is 6.26 Å². The molecule has 1 N–H and O–H groups in total. The zero-order valence-corrected chi connectivity index (χ0v) is 11.7. The number of amides is 1. The van der Waals surface area contributed by atoms with E-state index in [1.807, 2.05) is 6.07 Å². The SMILES string of the molecule is O=C(CCc1ccco1)NCc1cc(Br)ccc1F. The van der Waals surface area contributed by atoms with Gasteiger partial charge in [0.25, 0.3) is 0 Å². The van der Waals surface area contributed by atoms with E-state index in [4.69, 9.17) is 4.42 Å². The summed E-state index contributed by atoms with van der Waals surface area (Å²) in [7, 11) is 0. The zero-order chi connectivity index (χ0) is 13.7. The minimum absolute atomic E-state index is 0.129. The van der Waals surface area contributed by atoms with Crippen LogP contribution < -0.4 is 5.32 Å². The molecule has 0 saturated heterocycles. The molecule has 100 valence electrons. The zero-order valence-electron chi connectivity index (χ0n) is 10.2. The van der Waals surface area contributed by atoms with Gasteiger partial charge < -0.3 is 9.73 Å². The van der Waals surface area contributed by atoms with E-state index in [1.165, 1.54) is 6.07 Å². The standard InChI is InChI=1S/C14H13BrFNO2/c15-11-3-5-13(16)10(8-11)9-17-14(18)6-4-12-2-1-7-19-12/h1-3,5,7-8H,4,6,9H2,(H,17,18). The molecule has 2 rings (SSSR count). The molecule has 0 fully saturated rings. The molecular formula is C14H13BrFNO2. The Morgan fingerprint density at radius 1 is 1.37 bits per heavy atom. The molecule has 1 amide bonds. The van der Waals surface area contributed by atoms with Crippen LogP contribution in [0, 0.1) is 5.82 Å². The second-order valence-electron chi connectivity index (χ2n) is 4.09. The second-order valence-corrected chi connectivity index (χ2v) is 5.01. The number of hydrogen-bond acceptors (Lipinski definition) is 2. The first-order chi connectivity index (χ1) is 9.15. The van der Waals surface area contributed by atoms with Gasteiger partial charge in [0.15, 0.2) is 0 Å². The molecular weight excluding hydrogens is 313 g/mol. The molecule has 3 nitrogen and oxygen atoms in total. The average Bonchev–Trinajstić information content (AvgIpc) is 2.90. The molecule has 2 aromatic rings. The van der Waals surface area contributed by atoms with E-state index in [0.717, 1.165) is 10.2 Å². The Hall–Kier alpha value is -1.62. The fraction of sp³-hybridized carbons (Fsp3) is 0.214. The molecule has 5 heteroatoms. The van der Waals surface area contributed by atoms with Gasteiger partial charge in [0, 0.05) is 29.4 Å². The van der Waals surface area contributed by atoms with Crippen molar-refractivity contribution in [3.8, 4) is 0 Å². The summed E-state index contributed by atoms with van der Waals surface area (Å²) in [6, 6.07) is 8.25. The highest BCUT2D eigenvalue weighted by molar-refractivity contribution is 9.10. The molecule has 1 heterocycles. The summed E-state index contributed by atoms with van der Waals surface area (Å²) in [5.41, 5.74) is 0.459. The molecule has 0 aliphatic rings. The first-order valence-corrected chi connectivity index (χ1v) is 6.67. The van der Waals surface area contributed by atoms with Gasteiger partial charge in [0.1, 0.15) is 11.6 Å². The number of halogens is 2. The molecule has 0 unspecified atom stereocenters. The van der Waals surface area contributed by atoms with E-state index in [0.29, 0.717) is 18.4 Å². The number of furan rings is 1. The average molecular weight is 326 g/mol. The van der Waals surface area contributed by atoms with Crippen LogP contribution in [0.5, 0.6) is 0 Å². The first kappa shape index (κ1) is 13.8. The normalized spacial score (nSPS) is 10.4. The number of carbonyl (C=O) groups is 1. The lowest BCUT2D eigenvalue weighted by Crippen LogP contribution is -2.23. The summed E-state index contributed by atoms with van der Waals surface area (Å²) >= 11 is 3.27. The van der Waals surface area contributed by atoms with Crippen molar-refractivity contribution in [2.75, 3.05) is 0 Å². The van der Waals surface area contributed by atoms with E-state index >= 15 is 0 Å². The fourth-order valence-corrected chi connectivity index (χ4v) is 2.06. The van der Waals surface area contributed by atoms with Crippen LogP contribution in [0.2, 0.25) is 0 Å². The molecule has 19 heavy (non-hydrogen) atoms. The number of nitrogens with one attached hydrogen (secondary N) is 1. The van der Waals surface area contributed by atoms with Crippen LogP contribution in [0.4, 0.5) is 4.39 Å². The highest BCUT2D eigenvalue weighted by Gasteiger charge is 2.07. The lowest BCUT2D eigenvalue weighted by atomic mass is 10.2. The van der Waals surface area contributed by atoms with Gasteiger partial charge in [-0.1, -0.05) is 15.9 Å². The van der Waals surface area contributed by atoms with Crippen LogP contribution >= 0.6 is 15.9 Å². The Labute approximate surface area is 118 Å². The first-order valence-electron chi connectivity index (χ1n) is 5.88. The van der Waals surface area contributed by atoms with E-state index < -0.39 is 0 Å². The smallest absolute Gasteiger partial charge is 0.220 e. The Morgan fingerprint density at radius 2 is 2.21 bits per heavy atom. The quantitative estimate of drug-likeness (QED) is 0.915. The minimum Gasteiger partial charge on any atom is -0.469 e. The van der Waals surface area contributed by atoms with Gasteiger partial charge in [-0.25, -0.2) is 4.39 Å². The van der Waals surface area contributed by atoms with Crippen molar-refractivity contribution in [3.05, 3.63) is 58.2 Å². The molecule has 0 saturated carbocycles. The number of hydrogen-bond donors (Lipinski definition) is 1. The van der Waals surface area contributed by atoms with Crippen LogP contribution in [0.25, 0.3) is 0 Å². The lowest BCUT2D eigenvalue weighted by Gasteiger charge is -2.06. The highest BCUT2D eigenvalue weighted by Crippen LogP contribution is 2.15. The van der Waals surface area contributed by atoms with Crippen molar-refractivity contribution in [1.29, 1.82) is 0 Å². The van der Waals surface area contributed by atoms with E-state index in [9.17, 15) is 9.18 Å². The Bertz CT molecular complexity index is 555. The third kappa shape index (κ3) is 4.21. The third-order valence-electron chi connectivity index (χ3n) is 2.66. The highest BCUT2D eigenvalue weighted by atomic mass is 79.9. The number of aryl methyl sites for hydroxylation is 1. The Morgan fingerprint density at radius 3 is 2.95 bits per heavy atom. The summed E-state index contributed by atoms with van der Waals surface area (Å²) in [5, 5.41) is 2.69. The summed E-state index contributed by atoms with van der Waals surface area (Å²) in [4.78, 5) is 11.6. The van der Waals surface area contributed by atoms with Crippen molar-refractivity contribution in [3.63, 3.8) is 0 Å². The molecule has 1 aromatic heterocycles. The maximum atomic E-state index is 13.4. The predicted octanol–water partition coefficient (Wildman–Crippen LogP) is 3.43. The molecule has 0 aliphatic carbocycles. The molecule has 0 atom stereocenters. The van der Waals surface area contributed by atoms with Crippen LogP contribution in [-0.4, -0.2) is 5.91 Å². The predicted molar refractivity (Wildman–Crippen MR) is 73.0 cm³/mol. The third-order valence-corrected chi connectivity index (χ3v) is 3.16. The van der Waals surface area contributed by atoms with Crippen molar-refractivity contribution in [2.45, 2.75) is 19.4 Å². The molecule has 0 spiro atoms. The topological polar surface area (TPSA) is 42.2 Å². The van der Waals surface area contributed by atoms with Crippen LogP contribution in [0.3, 0.4) is 0 Å². The molecule has 1 aromatic carbocycles. The molecule has 0 bridgehead atoms. The molecule has 0 aliphatic heterocycles. The maximum absolute atomic E-state index is 13.4. The largest absolute Gasteiger partial charge is 0.469 e. The van der Waals surface area contributed by atoms with Crippen molar-refractivity contribution in [2.24, 2.45) is 0 Å². The van der Waals surface area contributed by atoms with Gasteiger partial charge in [-0.15, -0.1) is 0 Å². The van der Waals surface area contributed by atoms with Crippen molar-refractivity contribution in [1.82, 2.24) is 5.32 Å². The maximum Gasteiger partial charge on any atom is 0.220 e. The second kappa shape index (κ2) is 6.52. The van der Waals surface area contributed by atoms with Gasteiger partial charge in [0.2, 0.25) is 5.91 Å². The Kier molecular flexibility index (Phi) is 4.74. The van der Waals surface area contributed by atoms with Gasteiger partial charge in [-0.05, 0) is 30.3 Å².